The van der Waals surface area contributed by atoms with E-state index in [1.807, 2.05) is 0 Å². The second-order valence-corrected chi connectivity index (χ2v) is 7.97. The summed E-state index contributed by atoms with van der Waals surface area (Å²) in [4.78, 5) is 23.5. The highest BCUT2D eigenvalue weighted by Crippen LogP contribution is 2.15. The molecule has 6 nitrogen and oxygen atoms in total. The van der Waals surface area contributed by atoms with E-state index >= 15 is 0 Å². The summed E-state index contributed by atoms with van der Waals surface area (Å²) in [6, 6.07) is 11.0. The number of hydrogen-bond acceptors (Lipinski definition) is 4. The molecule has 0 aliphatic heterocycles. The minimum atomic E-state index is -3.63. The molecule has 0 fully saturated rings. The van der Waals surface area contributed by atoms with E-state index in [4.69, 9.17) is 11.6 Å². The lowest BCUT2D eigenvalue weighted by Gasteiger charge is -2.08. The average molecular weight is 399 g/mol. The second kappa shape index (κ2) is 8.77. The van der Waals surface area contributed by atoms with Gasteiger partial charge in [0.25, 0.3) is 0 Å². The van der Waals surface area contributed by atoms with Gasteiger partial charge in [-0.1, -0.05) is 23.7 Å². The summed E-state index contributed by atoms with van der Waals surface area (Å²) >= 11 is 5.71. The fourth-order valence-corrected chi connectivity index (χ4v) is 3.39. The molecule has 2 amide bonds. The van der Waals surface area contributed by atoms with Crippen LogP contribution in [0.15, 0.2) is 53.4 Å². The highest BCUT2D eigenvalue weighted by atomic mass is 35.5. The second-order valence-electron chi connectivity index (χ2n) is 5.42. The molecule has 2 rings (SSSR count). The lowest BCUT2D eigenvalue weighted by molar-refractivity contribution is -0.128. The predicted molar refractivity (Wildman–Crippen MR) is 94.5 cm³/mol. The van der Waals surface area contributed by atoms with Crippen LogP contribution in [0.5, 0.6) is 0 Å². The molecule has 0 unspecified atom stereocenters. The number of halogens is 2. The van der Waals surface area contributed by atoms with E-state index in [9.17, 15) is 22.4 Å². The molecule has 2 N–H and O–H groups in total. The topological polar surface area (TPSA) is 92.3 Å². The van der Waals surface area contributed by atoms with Crippen LogP contribution in [0, 0.1) is 5.82 Å². The van der Waals surface area contributed by atoms with Crippen LogP contribution in [0.1, 0.15) is 12.0 Å². The molecule has 138 valence electrons. The van der Waals surface area contributed by atoms with E-state index in [0.717, 1.165) is 0 Å². The maximum atomic E-state index is 12.8. The molecule has 0 saturated heterocycles. The summed E-state index contributed by atoms with van der Waals surface area (Å²) in [6.45, 7) is 0. The van der Waals surface area contributed by atoms with Gasteiger partial charge in [-0.25, -0.2) is 12.8 Å². The summed E-state index contributed by atoms with van der Waals surface area (Å²) in [5.41, 5.74) is 4.91. The van der Waals surface area contributed by atoms with E-state index in [2.05, 4.69) is 10.9 Å². The summed E-state index contributed by atoms with van der Waals surface area (Å²) < 4.78 is 37.0. The molecule has 2 aromatic rings. The highest BCUT2D eigenvalue weighted by molar-refractivity contribution is 7.91. The predicted octanol–water partition coefficient (Wildman–Crippen LogP) is 2.03. The van der Waals surface area contributed by atoms with Crippen LogP contribution in [-0.2, 0) is 25.8 Å². The number of benzene rings is 2. The Hall–Kier alpha value is -2.45. The Morgan fingerprint density at radius 3 is 2.12 bits per heavy atom. The van der Waals surface area contributed by atoms with Gasteiger partial charge >= 0.3 is 0 Å². The molecule has 26 heavy (non-hydrogen) atoms. The Labute approximate surface area is 155 Å². The SMILES string of the molecule is O=C(CCS(=O)(=O)c1ccc(Cl)cc1)NNC(=O)Cc1ccc(F)cc1. The van der Waals surface area contributed by atoms with Gasteiger partial charge in [0, 0.05) is 11.4 Å². The Morgan fingerprint density at radius 2 is 1.50 bits per heavy atom. The summed E-state index contributed by atoms with van der Waals surface area (Å²) in [6.07, 6.45) is -0.370. The zero-order valence-corrected chi connectivity index (χ0v) is 15.1. The van der Waals surface area contributed by atoms with E-state index in [-0.39, 0.29) is 17.7 Å². The Balaban J connectivity index is 1.78. The minimum absolute atomic E-state index is 0.0520. The molecule has 0 heterocycles. The third-order valence-corrected chi connectivity index (χ3v) is 5.37. The normalized spacial score (nSPS) is 11.0. The Morgan fingerprint density at radius 1 is 0.923 bits per heavy atom. The lowest BCUT2D eigenvalue weighted by atomic mass is 10.1. The van der Waals surface area contributed by atoms with Gasteiger partial charge in [0.2, 0.25) is 11.8 Å². The summed E-state index contributed by atoms with van der Waals surface area (Å²) in [5, 5.41) is 0.408. The number of carbonyl (C=O) groups excluding carboxylic acids is 2. The number of rotatable bonds is 6. The van der Waals surface area contributed by atoms with Crippen LogP contribution >= 0.6 is 11.6 Å². The first kappa shape index (κ1) is 19.9. The minimum Gasteiger partial charge on any atom is -0.273 e. The first-order chi connectivity index (χ1) is 12.3. The smallest absolute Gasteiger partial charge is 0.242 e. The van der Waals surface area contributed by atoms with Gasteiger partial charge in [-0.3, -0.25) is 20.4 Å². The first-order valence-electron chi connectivity index (χ1n) is 7.57. The van der Waals surface area contributed by atoms with Gasteiger partial charge in [-0.05, 0) is 42.0 Å². The van der Waals surface area contributed by atoms with Gasteiger partial charge in [0.05, 0.1) is 17.1 Å². The summed E-state index contributed by atoms with van der Waals surface area (Å²) in [5.74, 6) is -1.97. The third kappa shape index (κ3) is 6.12. The van der Waals surface area contributed by atoms with Crippen molar-refractivity contribution >= 4 is 33.3 Å². The average Bonchev–Trinajstić information content (AvgIpc) is 2.61. The Kier molecular flexibility index (Phi) is 6.70. The number of sulfone groups is 1. The van der Waals surface area contributed by atoms with Gasteiger partial charge in [-0.2, -0.15) is 0 Å². The van der Waals surface area contributed by atoms with Crippen molar-refractivity contribution in [2.24, 2.45) is 0 Å². The monoisotopic (exact) mass is 398 g/mol. The van der Waals surface area contributed by atoms with Crippen LogP contribution in [0.2, 0.25) is 5.02 Å². The van der Waals surface area contributed by atoms with Gasteiger partial charge < -0.3 is 0 Å². The Bertz CT molecular complexity index is 884. The number of nitrogens with one attached hydrogen (secondary N) is 2. The van der Waals surface area contributed by atoms with Crippen LogP contribution in [0.25, 0.3) is 0 Å². The number of hydrazine groups is 1. The zero-order valence-electron chi connectivity index (χ0n) is 13.5. The quantitative estimate of drug-likeness (QED) is 0.728. The van der Waals surface area contributed by atoms with E-state index < -0.39 is 33.2 Å². The van der Waals surface area contributed by atoms with Crippen molar-refractivity contribution in [1.29, 1.82) is 0 Å². The molecule has 0 radical (unpaired) electrons. The van der Waals surface area contributed by atoms with Gasteiger partial charge in [0.1, 0.15) is 5.82 Å². The molecular weight excluding hydrogens is 383 g/mol. The number of hydrogen-bond donors (Lipinski definition) is 2. The van der Waals surface area contributed by atoms with Crippen molar-refractivity contribution in [2.45, 2.75) is 17.7 Å². The van der Waals surface area contributed by atoms with Crippen molar-refractivity contribution in [3.63, 3.8) is 0 Å². The fourth-order valence-electron chi connectivity index (χ4n) is 2.02. The maximum absolute atomic E-state index is 12.8. The molecule has 0 aliphatic rings. The fraction of sp³-hybridized carbons (Fsp3) is 0.176. The zero-order chi connectivity index (χ0) is 19.2. The third-order valence-electron chi connectivity index (χ3n) is 3.39. The molecular formula is C17H16ClFN2O4S. The van der Waals surface area contributed by atoms with Crippen molar-refractivity contribution in [3.8, 4) is 0 Å². The first-order valence-corrected chi connectivity index (χ1v) is 9.60. The molecule has 0 aliphatic carbocycles. The van der Waals surface area contributed by atoms with Crippen molar-refractivity contribution < 1.29 is 22.4 Å². The van der Waals surface area contributed by atoms with Crippen LogP contribution in [0.4, 0.5) is 4.39 Å². The van der Waals surface area contributed by atoms with Crippen LogP contribution < -0.4 is 10.9 Å². The largest absolute Gasteiger partial charge is 0.273 e. The van der Waals surface area contributed by atoms with Gasteiger partial charge in [-0.15, -0.1) is 0 Å². The van der Waals surface area contributed by atoms with Crippen molar-refractivity contribution in [2.75, 3.05) is 5.75 Å². The molecule has 0 bridgehead atoms. The van der Waals surface area contributed by atoms with Crippen molar-refractivity contribution in [3.05, 3.63) is 64.9 Å². The van der Waals surface area contributed by atoms with E-state index in [1.165, 1.54) is 48.5 Å². The summed E-state index contributed by atoms with van der Waals surface area (Å²) in [7, 11) is -3.63. The number of carbonyl (C=O) groups is 2. The number of amides is 2. The van der Waals surface area contributed by atoms with Gasteiger partial charge in [0.15, 0.2) is 9.84 Å². The van der Waals surface area contributed by atoms with Crippen LogP contribution in [-0.4, -0.2) is 26.0 Å². The van der Waals surface area contributed by atoms with Crippen molar-refractivity contribution in [1.82, 2.24) is 10.9 Å². The van der Waals surface area contributed by atoms with E-state index in [0.29, 0.717) is 10.6 Å². The molecule has 0 saturated carbocycles. The molecule has 2 aromatic carbocycles. The lowest BCUT2D eigenvalue weighted by Crippen LogP contribution is -2.42. The maximum Gasteiger partial charge on any atom is 0.242 e. The standard InChI is InChI=1S/C17H16ClFN2O4S/c18-13-3-7-15(8-4-13)26(24,25)10-9-16(22)20-21-17(23)11-12-1-5-14(19)6-2-12/h1-8H,9-11H2,(H,20,22)(H,21,23). The molecule has 0 aromatic heterocycles. The molecule has 0 atom stereocenters. The molecule has 0 spiro atoms. The van der Waals surface area contributed by atoms with Crippen LogP contribution in [0.3, 0.4) is 0 Å². The molecule has 9 heteroatoms. The van der Waals surface area contributed by atoms with E-state index in [1.54, 1.807) is 0 Å². The highest BCUT2D eigenvalue weighted by Gasteiger charge is 2.16.